The Hall–Kier alpha value is -9.39. The average molecular weight is 881 g/mol. The predicted octanol–water partition coefficient (Wildman–Crippen LogP) is 15.8. The van der Waals surface area contributed by atoms with Crippen LogP contribution in [0.5, 0.6) is 0 Å². The maximum absolute atomic E-state index is 5.44. The third-order valence-electron chi connectivity index (χ3n) is 13.7. The first-order valence-corrected chi connectivity index (χ1v) is 23.4. The Morgan fingerprint density at radius 3 is 1.20 bits per heavy atom. The Balaban J connectivity index is 1.14. The minimum absolute atomic E-state index is 0.540. The van der Waals surface area contributed by atoms with E-state index in [4.69, 9.17) is 15.0 Å². The van der Waals surface area contributed by atoms with Crippen LogP contribution in [0.2, 0.25) is 0 Å². The normalized spacial score (nSPS) is 11.8. The molecule has 0 fully saturated rings. The molecule has 0 amide bonds. The van der Waals surface area contributed by atoms with E-state index in [1.54, 1.807) is 0 Å². The zero-order valence-corrected chi connectivity index (χ0v) is 37.3. The van der Waals surface area contributed by atoms with E-state index in [0.29, 0.717) is 17.6 Å². The molecule has 10 aromatic carbocycles. The fourth-order valence-corrected chi connectivity index (χ4v) is 10.6. The average Bonchev–Trinajstić information content (AvgIpc) is 4.07. The summed E-state index contributed by atoms with van der Waals surface area (Å²) in [5.41, 5.74) is 15.1. The topological polar surface area (TPSA) is 53.5 Å². The van der Waals surface area contributed by atoms with Gasteiger partial charge in [-0.25, -0.2) is 4.98 Å². The smallest absolute Gasteiger partial charge is 0.238 e. The van der Waals surface area contributed by atoms with Crippen LogP contribution < -0.4 is 0 Å². The maximum atomic E-state index is 5.44. The number of benzene rings is 10. The van der Waals surface area contributed by atoms with Crippen molar-refractivity contribution in [3.05, 3.63) is 243 Å². The molecule has 0 spiro atoms. The quantitative estimate of drug-likeness (QED) is 0.160. The number of rotatable bonds is 7. The van der Waals surface area contributed by atoms with Gasteiger partial charge in [-0.15, -0.1) is 0 Å². The number of hydrogen-bond acceptors (Lipinski definition) is 3. The summed E-state index contributed by atoms with van der Waals surface area (Å²) >= 11 is 0. The van der Waals surface area contributed by atoms with Gasteiger partial charge in [-0.2, -0.15) is 9.97 Å². The van der Waals surface area contributed by atoms with E-state index >= 15 is 0 Å². The molecule has 4 aromatic heterocycles. The summed E-state index contributed by atoms with van der Waals surface area (Å²) in [6, 6.07) is 86.3. The summed E-state index contributed by atoms with van der Waals surface area (Å²) in [7, 11) is 0. The fraction of sp³-hybridized carbons (Fsp3) is 0. The van der Waals surface area contributed by atoms with Crippen LogP contribution in [0, 0.1) is 0 Å². The molecule has 6 nitrogen and oxygen atoms in total. The lowest BCUT2D eigenvalue weighted by Gasteiger charge is -2.15. The minimum atomic E-state index is 0.540. The van der Waals surface area contributed by atoms with Crippen LogP contribution in [0.1, 0.15) is 0 Å². The summed E-state index contributed by atoms with van der Waals surface area (Å²) in [4.78, 5) is 16.0. The zero-order chi connectivity index (χ0) is 45.4. The molecule has 14 aromatic rings. The molecule has 322 valence electrons. The maximum Gasteiger partial charge on any atom is 0.238 e. The van der Waals surface area contributed by atoms with Gasteiger partial charge >= 0.3 is 0 Å². The van der Waals surface area contributed by atoms with Crippen LogP contribution in [0.4, 0.5) is 0 Å². The molecule has 0 atom stereocenters. The Bertz CT molecular complexity index is 4230. The highest BCUT2D eigenvalue weighted by molar-refractivity contribution is 6.27. The van der Waals surface area contributed by atoms with Crippen molar-refractivity contribution < 1.29 is 0 Å². The first kappa shape index (κ1) is 38.8. The second-order valence-electron chi connectivity index (χ2n) is 17.6. The van der Waals surface area contributed by atoms with Gasteiger partial charge in [0, 0.05) is 49.1 Å². The molecular formula is C63H40N6. The standard InChI is InChI=1S/C63H40N6/c1-4-19-41(20-5-1)43-35-37-45(38-36-43)62-64-61(44-23-8-3-9-24-44)65-63(66-62)69-55-34-17-13-30-51(55)59-57(69)40-56-58(60(59)68-52-31-14-10-27-48(52)49-28-11-15-32-53(49)68)50-29-12-16-33-54(50)67(56)47-26-18-25-46(39-47)42-21-6-2-7-22-42/h1-40H. The molecule has 0 saturated carbocycles. The molecule has 0 aliphatic heterocycles. The summed E-state index contributed by atoms with van der Waals surface area (Å²) in [5.74, 6) is 1.74. The minimum Gasteiger partial charge on any atom is -0.309 e. The molecule has 69 heavy (non-hydrogen) atoms. The van der Waals surface area contributed by atoms with Crippen molar-refractivity contribution in [2.24, 2.45) is 0 Å². The second kappa shape index (κ2) is 15.6. The summed E-state index contributed by atoms with van der Waals surface area (Å²) in [5, 5.41) is 6.95. The molecule has 0 unspecified atom stereocenters. The van der Waals surface area contributed by atoms with Gasteiger partial charge in [0.05, 0.1) is 38.8 Å². The van der Waals surface area contributed by atoms with E-state index in [1.807, 2.05) is 24.3 Å². The van der Waals surface area contributed by atoms with Gasteiger partial charge in [0.1, 0.15) is 0 Å². The molecule has 14 rings (SSSR count). The Morgan fingerprint density at radius 2 is 0.638 bits per heavy atom. The van der Waals surface area contributed by atoms with Crippen LogP contribution in [0.15, 0.2) is 243 Å². The first-order valence-electron chi connectivity index (χ1n) is 23.4. The van der Waals surface area contributed by atoms with Crippen molar-refractivity contribution in [2.75, 3.05) is 0 Å². The van der Waals surface area contributed by atoms with E-state index in [-0.39, 0.29) is 0 Å². The third-order valence-corrected chi connectivity index (χ3v) is 13.7. The van der Waals surface area contributed by atoms with E-state index in [1.165, 1.54) is 21.7 Å². The van der Waals surface area contributed by atoms with Crippen molar-refractivity contribution in [3.63, 3.8) is 0 Å². The van der Waals surface area contributed by atoms with Crippen LogP contribution in [0.3, 0.4) is 0 Å². The lowest BCUT2D eigenvalue weighted by molar-refractivity contribution is 0.953. The molecule has 0 aliphatic rings. The number of para-hydroxylation sites is 4. The van der Waals surface area contributed by atoms with Crippen molar-refractivity contribution in [1.29, 1.82) is 0 Å². The summed E-state index contributed by atoms with van der Waals surface area (Å²) in [6.45, 7) is 0. The van der Waals surface area contributed by atoms with Crippen LogP contribution >= 0.6 is 0 Å². The van der Waals surface area contributed by atoms with Gasteiger partial charge in [-0.05, 0) is 64.7 Å². The Kier molecular flexibility index (Phi) is 8.79. The summed E-state index contributed by atoms with van der Waals surface area (Å²) < 4.78 is 7.21. The fourth-order valence-electron chi connectivity index (χ4n) is 10.6. The molecule has 4 heterocycles. The van der Waals surface area contributed by atoms with E-state index in [0.717, 1.165) is 88.5 Å². The number of fused-ring (bicyclic) bond motifs is 9. The van der Waals surface area contributed by atoms with Crippen molar-refractivity contribution in [2.45, 2.75) is 0 Å². The zero-order valence-electron chi connectivity index (χ0n) is 37.3. The van der Waals surface area contributed by atoms with E-state index in [9.17, 15) is 0 Å². The lowest BCUT2D eigenvalue weighted by atomic mass is 10.0. The molecule has 0 saturated heterocycles. The van der Waals surface area contributed by atoms with Gasteiger partial charge in [0.2, 0.25) is 5.95 Å². The van der Waals surface area contributed by atoms with Crippen molar-refractivity contribution in [3.8, 4) is 62.4 Å². The molecule has 0 aliphatic carbocycles. The van der Waals surface area contributed by atoms with E-state index < -0.39 is 0 Å². The monoisotopic (exact) mass is 880 g/mol. The van der Waals surface area contributed by atoms with Crippen molar-refractivity contribution in [1.82, 2.24) is 28.7 Å². The predicted molar refractivity (Wildman–Crippen MR) is 285 cm³/mol. The number of nitrogens with zero attached hydrogens (tertiary/aromatic N) is 6. The van der Waals surface area contributed by atoms with E-state index in [2.05, 4.69) is 232 Å². The van der Waals surface area contributed by atoms with Gasteiger partial charge < -0.3 is 9.13 Å². The van der Waals surface area contributed by atoms with Gasteiger partial charge in [0.15, 0.2) is 11.6 Å². The molecule has 6 heteroatoms. The Labute approximate surface area is 397 Å². The largest absolute Gasteiger partial charge is 0.309 e. The van der Waals surface area contributed by atoms with Gasteiger partial charge in [-0.1, -0.05) is 200 Å². The van der Waals surface area contributed by atoms with Crippen molar-refractivity contribution >= 4 is 65.4 Å². The third kappa shape index (κ3) is 6.16. The molecular weight excluding hydrogens is 841 g/mol. The first-order chi connectivity index (χ1) is 34.2. The van der Waals surface area contributed by atoms with Gasteiger partial charge in [0.25, 0.3) is 0 Å². The van der Waals surface area contributed by atoms with Crippen LogP contribution in [-0.4, -0.2) is 28.7 Å². The lowest BCUT2D eigenvalue weighted by Crippen LogP contribution is -2.07. The Morgan fingerprint density at radius 1 is 0.246 bits per heavy atom. The number of aromatic nitrogens is 6. The second-order valence-corrected chi connectivity index (χ2v) is 17.6. The molecule has 0 N–H and O–H groups in total. The highest BCUT2D eigenvalue weighted by atomic mass is 15.2. The molecule has 0 bridgehead atoms. The highest BCUT2D eigenvalue weighted by Crippen LogP contribution is 2.47. The number of hydrogen-bond donors (Lipinski definition) is 0. The van der Waals surface area contributed by atoms with Crippen LogP contribution in [-0.2, 0) is 0 Å². The highest BCUT2D eigenvalue weighted by Gasteiger charge is 2.27. The summed E-state index contributed by atoms with van der Waals surface area (Å²) in [6.07, 6.45) is 0. The van der Waals surface area contributed by atoms with Crippen LogP contribution in [0.25, 0.3) is 128 Å². The molecule has 0 radical (unpaired) electrons. The van der Waals surface area contributed by atoms with Gasteiger partial charge in [-0.3, -0.25) is 4.57 Å². The SMILES string of the molecule is c1ccc(-c2ccc(-c3nc(-c4ccccc4)nc(-n4c5ccccc5c5c(-n6c7ccccc7c7ccccc76)c6c7ccccc7n(-c7cccc(-c8ccccc8)c7)c6cc54)n3)cc2)cc1.